The van der Waals surface area contributed by atoms with Gasteiger partial charge in [0.2, 0.25) is 23.6 Å². The first-order chi connectivity index (χ1) is 25.9. The number of likely N-dealkylation sites (N-methyl/N-ethyl adjacent to an activating group) is 2. The Kier molecular flexibility index (Phi) is 14.9. The lowest BCUT2D eigenvalue weighted by Crippen LogP contribution is -2.59. The monoisotopic (exact) mass is 785 g/mol. The molecule has 2 saturated heterocycles. The molecule has 7 N–H and O–H groups in total. The van der Waals surface area contributed by atoms with Crippen molar-refractivity contribution in [1.82, 2.24) is 36.4 Å². The maximum absolute atomic E-state index is 13.8. The highest BCUT2D eigenvalue weighted by Crippen LogP contribution is 2.31. The van der Waals surface area contributed by atoms with Gasteiger partial charge in [-0.15, -0.1) is 0 Å². The molecule has 8 atom stereocenters. The van der Waals surface area contributed by atoms with E-state index in [1.54, 1.807) is 69.5 Å². The number of hydrogen-bond donors (Lipinski definition) is 7. The number of Topliss-reactive ketones (excluding diaryl/α,β-unsaturated/α-hetero) is 1. The zero-order chi connectivity index (χ0) is 42.4. The third-order valence-electron chi connectivity index (χ3n) is 10.6. The first-order valence-electron chi connectivity index (χ1n) is 18.9. The topological polar surface area (TPSA) is 244 Å². The Hall–Kier alpha value is -4.90. The van der Waals surface area contributed by atoms with Crippen LogP contribution in [0, 0.1) is 16.7 Å². The molecule has 0 radical (unpaired) electrons. The van der Waals surface area contributed by atoms with E-state index in [2.05, 4.69) is 26.6 Å². The van der Waals surface area contributed by atoms with Crippen LogP contribution in [0.15, 0.2) is 24.3 Å². The Bertz CT molecular complexity index is 1550. The lowest BCUT2D eigenvalue weighted by atomic mass is 9.85. The number of amides is 5. The van der Waals surface area contributed by atoms with Crippen molar-refractivity contribution >= 4 is 47.3 Å². The number of rotatable bonds is 15. The van der Waals surface area contributed by atoms with Crippen molar-refractivity contribution in [2.45, 2.75) is 117 Å². The molecule has 2 fully saturated rings. The van der Waals surface area contributed by atoms with E-state index in [9.17, 15) is 48.6 Å². The standard InChI is InChI=1S/C39H59N7O10/c1-20(40-9)31(48)43-29(38(3,4)5)34(51)45-18-22(15-26(45)36(53)54)16-28(47)23-11-13-24(14-12-23)33(50)42-25-17-27(37(55)56)46(19-25)35(52)30(39(6,7)8)44-32(49)21(2)41-10/h11-14,20-22,25-27,29-30,40-41H,15-19H2,1-10H3,(H,42,50)(H,43,48)(H,44,49)(H,53,54)(H,55,56)/t20-,21-,22+,25-,26-,27-,29+,30+/m0/s1. The summed E-state index contributed by atoms with van der Waals surface area (Å²) in [6, 6.07) is -0.546. The highest BCUT2D eigenvalue weighted by Gasteiger charge is 2.47. The second-order valence-electron chi connectivity index (χ2n) is 17.0. The molecule has 17 heteroatoms. The maximum Gasteiger partial charge on any atom is 0.326 e. The highest BCUT2D eigenvalue weighted by atomic mass is 16.4. The fraction of sp³-hybridized carbons (Fsp3) is 0.641. The Balaban J connectivity index is 1.69. The second kappa shape index (κ2) is 18.4. The molecule has 17 nitrogen and oxygen atoms in total. The molecule has 0 unspecified atom stereocenters. The van der Waals surface area contributed by atoms with E-state index in [-0.39, 0.29) is 49.3 Å². The number of likely N-dealkylation sites (tertiary alicyclic amines) is 2. The molecule has 5 amide bonds. The van der Waals surface area contributed by atoms with Crippen molar-refractivity contribution in [3.63, 3.8) is 0 Å². The molecule has 1 aromatic carbocycles. The molecule has 0 aliphatic carbocycles. The molecular weight excluding hydrogens is 726 g/mol. The maximum atomic E-state index is 13.8. The van der Waals surface area contributed by atoms with Gasteiger partial charge in [-0.1, -0.05) is 53.7 Å². The predicted octanol–water partition coefficient (Wildman–Crippen LogP) is 0.623. The van der Waals surface area contributed by atoms with Crippen LogP contribution in [0.25, 0.3) is 0 Å². The van der Waals surface area contributed by atoms with Gasteiger partial charge in [0.25, 0.3) is 5.91 Å². The van der Waals surface area contributed by atoms with Gasteiger partial charge in [0.15, 0.2) is 5.78 Å². The normalized spacial score (nSPS) is 22.0. The molecule has 0 spiro atoms. The van der Waals surface area contributed by atoms with E-state index in [4.69, 9.17) is 0 Å². The number of hydrogen-bond acceptors (Lipinski definition) is 10. The number of nitrogens with one attached hydrogen (secondary N) is 5. The minimum absolute atomic E-state index is 0.00223. The summed E-state index contributed by atoms with van der Waals surface area (Å²) < 4.78 is 0. The van der Waals surface area contributed by atoms with Gasteiger partial charge in [0, 0.05) is 43.1 Å². The Morgan fingerprint density at radius 3 is 1.50 bits per heavy atom. The van der Waals surface area contributed by atoms with Gasteiger partial charge < -0.3 is 46.6 Å². The van der Waals surface area contributed by atoms with Crippen molar-refractivity contribution in [3.8, 4) is 0 Å². The summed E-state index contributed by atoms with van der Waals surface area (Å²) in [7, 11) is 3.21. The van der Waals surface area contributed by atoms with Crippen molar-refractivity contribution in [2.75, 3.05) is 27.2 Å². The highest BCUT2D eigenvalue weighted by molar-refractivity contribution is 5.99. The predicted molar refractivity (Wildman–Crippen MR) is 205 cm³/mol. The summed E-state index contributed by atoms with van der Waals surface area (Å²) >= 11 is 0. The van der Waals surface area contributed by atoms with Crippen molar-refractivity contribution in [2.24, 2.45) is 16.7 Å². The van der Waals surface area contributed by atoms with E-state index in [0.717, 1.165) is 0 Å². The molecule has 56 heavy (non-hydrogen) atoms. The number of carboxylic acid groups (broad SMARTS) is 2. The second-order valence-corrected chi connectivity index (χ2v) is 17.0. The summed E-state index contributed by atoms with van der Waals surface area (Å²) in [5.74, 6) is -5.75. The summed E-state index contributed by atoms with van der Waals surface area (Å²) in [6.07, 6.45) is -0.0760. The number of carbonyl (C=O) groups excluding carboxylic acids is 6. The molecule has 0 saturated carbocycles. The van der Waals surface area contributed by atoms with Crippen molar-refractivity contribution in [1.29, 1.82) is 0 Å². The van der Waals surface area contributed by atoms with Crippen LogP contribution in [0.2, 0.25) is 0 Å². The average molecular weight is 786 g/mol. The number of nitrogens with zero attached hydrogens (tertiary/aromatic N) is 2. The van der Waals surface area contributed by atoms with Crippen LogP contribution >= 0.6 is 0 Å². The van der Waals surface area contributed by atoms with E-state index in [1.165, 1.54) is 34.1 Å². The van der Waals surface area contributed by atoms with E-state index < -0.39 is 101 Å². The van der Waals surface area contributed by atoms with Gasteiger partial charge in [-0.05, 0) is 63.2 Å². The number of aliphatic carboxylic acids is 2. The summed E-state index contributed by atoms with van der Waals surface area (Å²) in [6.45, 7) is 13.8. The molecule has 3 rings (SSSR count). The first-order valence-corrected chi connectivity index (χ1v) is 18.9. The van der Waals surface area contributed by atoms with Crippen LogP contribution in [0.5, 0.6) is 0 Å². The van der Waals surface area contributed by atoms with Gasteiger partial charge in [-0.3, -0.25) is 28.8 Å². The van der Waals surface area contributed by atoms with Crippen LogP contribution in [0.3, 0.4) is 0 Å². The third kappa shape index (κ3) is 11.1. The molecule has 1 aromatic rings. The van der Waals surface area contributed by atoms with Crippen LogP contribution in [-0.2, 0) is 28.8 Å². The van der Waals surface area contributed by atoms with Gasteiger partial charge in [-0.25, -0.2) is 9.59 Å². The van der Waals surface area contributed by atoms with Gasteiger partial charge in [0.05, 0.1) is 12.1 Å². The molecule has 2 aliphatic heterocycles. The lowest BCUT2D eigenvalue weighted by molar-refractivity contribution is -0.150. The Morgan fingerprint density at radius 1 is 0.679 bits per heavy atom. The van der Waals surface area contributed by atoms with E-state index in [1.807, 2.05) is 0 Å². The number of benzene rings is 1. The van der Waals surface area contributed by atoms with Gasteiger partial charge >= 0.3 is 11.9 Å². The summed E-state index contributed by atoms with van der Waals surface area (Å²) in [4.78, 5) is 106. The van der Waals surface area contributed by atoms with Crippen LogP contribution in [0.1, 0.15) is 95.4 Å². The average Bonchev–Trinajstić information content (AvgIpc) is 3.75. The minimum Gasteiger partial charge on any atom is -0.480 e. The molecule has 2 heterocycles. The molecule has 310 valence electrons. The SMILES string of the molecule is CN[C@@H](C)C(=O)N[C@H](C(=O)N1C[C@@H](CC(=O)c2ccc(C(=O)N[C@H]3C[C@@H](C(=O)O)N(C(=O)[C@@H](NC(=O)[C@H](C)NC)C(C)(C)C)C3)cc2)C[C@H]1C(=O)O)C(C)(C)C. The molecular formula is C39H59N7O10. The number of ketones is 1. The fourth-order valence-electron chi connectivity index (χ4n) is 6.85. The quantitative estimate of drug-likeness (QED) is 0.121. The number of carbonyl (C=O) groups is 8. The van der Waals surface area contributed by atoms with Gasteiger partial charge in [-0.2, -0.15) is 0 Å². The summed E-state index contributed by atoms with van der Waals surface area (Å²) in [5, 5.41) is 33.9. The third-order valence-corrected chi connectivity index (χ3v) is 10.6. The molecule has 0 aromatic heterocycles. The van der Waals surface area contributed by atoms with E-state index >= 15 is 0 Å². The largest absolute Gasteiger partial charge is 0.480 e. The first kappa shape index (κ1) is 45.5. The Labute approximate surface area is 328 Å². The van der Waals surface area contributed by atoms with Crippen LogP contribution < -0.4 is 26.6 Å². The minimum atomic E-state index is -1.25. The van der Waals surface area contributed by atoms with Crippen LogP contribution in [-0.4, -0.2) is 137 Å². The van der Waals surface area contributed by atoms with Crippen LogP contribution in [0.4, 0.5) is 0 Å². The van der Waals surface area contributed by atoms with Crippen molar-refractivity contribution < 1.29 is 48.6 Å². The lowest BCUT2D eigenvalue weighted by Gasteiger charge is -2.35. The molecule has 2 aliphatic rings. The van der Waals surface area contributed by atoms with E-state index in [0.29, 0.717) is 0 Å². The smallest absolute Gasteiger partial charge is 0.326 e. The summed E-state index contributed by atoms with van der Waals surface area (Å²) in [5.41, 5.74) is -1.04. The zero-order valence-electron chi connectivity index (χ0n) is 34.0. The zero-order valence-corrected chi connectivity index (χ0v) is 34.0. The Morgan fingerprint density at radius 2 is 1.09 bits per heavy atom. The molecule has 0 bridgehead atoms. The van der Waals surface area contributed by atoms with Crippen molar-refractivity contribution in [3.05, 3.63) is 35.4 Å². The van der Waals surface area contributed by atoms with Gasteiger partial charge in [0.1, 0.15) is 24.2 Å². The number of carboxylic acids is 2. The fourth-order valence-corrected chi connectivity index (χ4v) is 6.85.